The fraction of sp³-hybridized carbons (Fsp3) is 0.182. The number of benzene rings is 2. The van der Waals surface area contributed by atoms with Crippen LogP contribution < -0.4 is 9.47 Å². The third-order valence-electron chi connectivity index (χ3n) is 4.71. The van der Waals surface area contributed by atoms with Crippen LogP contribution in [0.15, 0.2) is 65.2 Å². The average Bonchev–Trinajstić information content (AvgIpc) is 2.98. The standard InChI is InChI=1S/C22H20BrNO5/c1-4-11-24-19(14-7-10-16(28-2)17(12-14)29-3)18(21(26)22(24)27)20(25)13-5-8-15(23)9-6-13/h4-10,12,19,25H,1,11H2,2-3H3/b20-18+/t19-/m0/s1. The van der Waals surface area contributed by atoms with E-state index < -0.39 is 17.7 Å². The molecule has 0 radical (unpaired) electrons. The van der Waals surface area contributed by atoms with Crippen LogP contribution in [0.1, 0.15) is 17.2 Å². The van der Waals surface area contributed by atoms with Crippen LogP contribution in [-0.4, -0.2) is 42.5 Å². The van der Waals surface area contributed by atoms with Crippen LogP contribution in [0.5, 0.6) is 11.5 Å². The van der Waals surface area contributed by atoms with E-state index in [0.29, 0.717) is 22.6 Å². The summed E-state index contributed by atoms with van der Waals surface area (Å²) >= 11 is 3.34. The first-order valence-electron chi connectivity index (χ1n) is 8.80. The van der Waals surface area contributed by atoms with Crippen molar-refractivity contribution in [2.45, 2.75) is 6.04 Å². The Morgan fingerprint density at radius 2 is 1.79 bits per heavy atom. The van der Waals surface area contributed by atoms with Gasteiger partial charge in [0.05, 0.1) is 25.8 Å². The number of hydrogen-bond donors (Lipinski definition) is 1. The van der Waals surface area contributed by atoms with Gasteiger partial charge in [-0.2, -0.15) is 0 Å². The maximum atomic E-state index is 12.8. The van der Waals surface area contributed by atoms with Crippen molar-refractivity contribution < 1.29 is 24.2 Å². The zero-order chi connectivity index (χ0) is 21.1. The van der Waals surface area contributed by atoms with Crippen LogP contribution in [0.3, 0.4) is 0 Å². The van der Waals surface area contributed by atoms with E-state index in [1.807, 2.05) is 0 Å². The molecule has 0 saturated carbocycles. The minimum Gasteiger partial charge on any atom is -0.507 e. The summed E-state index contributed by atoms with van der Waals surface area (Å²) in [6, 6.07) is 11.2. The Morgan fingerprint density at radius 3 is 2.38 bits per heavy atom. The number of rotatable bonds is 6. The lowest BCUT2D eigenvalue weighted by Gasteiger charge is -2.24. The third kappa shape index (κ3) is 3.78. The average molecular weight is 458 g/mol. The molecule has 7 heteroatoms. The number of ether oxygens (including phenoxy) is 2. The highest BCUT2D eigenvalue weighted by Crippen LogP contribution is 2.41. The molecule has 1 fully saturated rings. The van der Waals surface area contributed by atoms with Gasteiger partial charge >= 0.3 is 0 Å². The molecule has 1 amide bonds. The second-order valence-electron chi connectivity index (χ2n) is 6.36. The summed E-state index contributed by atoms with van der Waals surface area (Å²) in [6.07, 6.45) is 1.54. The molecular weight excluding hydrogens is 438 g/mol. The van der Waals surface area contributed by atoms with Crippen molar-refractivity contribution >= 4 is 33.4 Å². The number of methoxy groups -OCH3 is 2. The fourth-order valence-corrected chi connectivity index (χ4v) is 3.60. The molecule has 1 heterocycles. The van der Waals surface area contributed by atoms with Gasteiger partial charge in [0, 0.05) is 16.6 Å². The van der Waals surface area contributed by atoms with E-state index in [-0.39, 0.29) is 17.9 Å². The van der Waals surface area contributed by atoms with E-state index >= 15 is 0 Å². The van der Waals surface area contributed by atoms with Crippen molar-refractivity contribution in [3.63, 3.8) is 0 Å². The molecule has 150 valence electrons. The number of halogens is 1. The van der Waals surface area contributed by atoms with Gasteiger partial charge in [-0.15, -0.1) is 6.58 Å². The molecule has 1 N–H and O–H groups in total. The Hall–Kier alpha value is -3.06. The summed E-state index contributed by atoms with van der Waals surface area (Å²) in [4.78, 5) is 26.9. The van der Waals surface area contributed by atoms with E-state index in [0.717, 1.165) is 4.47 Å². The summed E-state index contributed by atoms with van der Waals surface area (Å²) in [5, 5.41) is 10.9. The molecule has 0 aromatic heterocycles. The quantitative estimate of drug-likeness (QED) is 0.306. The Bertz CT molecular complexity index is 997. The predicted octanol–water partition coefficient (Wildman–Crippen LogP) is 4.07. The molecule has 0 bridgehead atoms. The molecule has 1 atom stereocenters. The lowest BCUT2D eigenvalue weighted by Crippen LogP contribution is -2.29. The largest absolute Gasteiger partial charge is 0.507 e. The Kier molecular flexibility index (Phi) is 6.08. The topological polar surface area (TPSA) is 76.1 Å². The predicted molar refractivity (Wildman–Crippen MR) is 113 cm³/mol. The number of ketones is 1. The molecule has 0 spiro atoms. The van der Waals surface area contributed by atoms with Crippen molar-refractivity contribution in [3.8, 4) is 11.5 Å². The van der Waals surface area contributed by atoms with Crippen molar-refractivity contribution in [1.82, 2.24) is 4.90 Å². The van der Waals surface area contributed by atoms with Gasteiger partial charge in [-0.1, -0.05) is 40.2 Å². The molecule has 2 aromatic carbocycles. The maximum Gasteiger partial charge on any atom is 0.295 e. The molecule has 1 aliphatic heterocycles. The number of nitrogens with zero attached hydrogens (tertiary/aromatic N) is 1. The molecule has 0 unspecified atom stereocenters. The lowest BCUT2D eigenvalue weighted by atomic mass is 9.95. The van der Waals surface area contributed by atoms with E-state index in [2.05, 4.69) is 22.5 Å². The summed E-state index contributed by atoms with van der Waals surface area (Å²) in [5.41, 5.74) is 1.07. The fourth-order valence-electron chi connectivity index (χ4n) is 3.34. The molecule has 1 aliphatic rings. The minimum absolute atomic E-state index is 0.0198. The highest BCUT2D eigenvalue weighted by Gasteiger charge is 2.45. The highest BCUT2D eigenvalue weighted by atomic mass is 79.9. The van der Waals surface area contributed by atoms with Gasteiger partial charge in [0.25, 0.3) is 11.7 Å². The second kappa shape index (κ2) is 8.53. The Balaban J connectivity index is 2.21. The number of aliphatic hydroxyl groups excluding tert-OH is 1. The third-order valence-corrected chi connectivity index (χ3v) is 5.24. The van der Waals surface area contributed by atoms with Gasteiger partial charge in [0.15, 0.2) is 11.5 Å². The van der Waals surface area contributed by atoms with Gasteiger partial charge < -0.3 is 19.5 Å². The number of carbonyl (C=O) groups is 2. The Morgan fingerprint density at radius 1 is 1.14 bits per heavy atom. The van der Waals surface area contributed by atoms with Crippen LogP contribution in [0.25, 0.3) is 5.76 Å². The number of likely N-dealkylation sites (tertiary alicyclic amines) is 1. The van der Waals surface area contributed by atoms with E-state index in [4.69, 9.17) is 9.47 Å². The molecule has 6 nitrogen and oxygen atoms in total. The minimum atomic E-state index is -0.781. The molecular formula is C22H20BrNO5. The van der Waals surface area contributed by atoms with Gasteiger partial charge in [0.1, 0.15) is 5.76 Å². The molecule has 3 rings (SSSR count). The van der Waals surface area contributed by atoms with Crippen molar-refractivity contribution in [2.24, 2.45) is 0 Å². The van der Waals surface area contributed by atoms with Crippen LogP contribution >= 0.6 is 15.9 Å². The molecule has 0 aliphatic carbocycles. The number of carbonyl (C=O) groups excluding carboxylic acids is 2. The number of hydrogen-bond acceptors (Lipinski definition) is 5. The van der Waals surface area contributed by atoms with Crippen LogP contribution in [-0.2, 0) is 9.59 Å². The first kappa shape index (κ1) is 20.7. The zero-order valence-corrected chi connectivity index (χ0v) is 17.6. The maximum absolute atomic E-state index is 12.8. The van der Waals surface area contributed by atoms with E-state index in [1.165, 1.54) is 19.1 Å². The van der Waals surface area contributed by atoms with Gasteiger partial charge in [-0.05, 0) is 29.8 Å². The van der Waals surface area contributed by atoms with Crippen LogP contribution in [0.2, 0.25) is 0 Å². The van der Waals surface area contributed by atoms with Gasteiger partial charge in [0.2, 0.25) is 0 Å². The SMILES string of the molecule is C=CCN1C(=O)C(=O)/C(=C(/O)c2ccc(Br)cc2)[C@@H]1c1ccc(OC)c(OC)c1. The smallest absolute Gasteiger partial charge is 0.295 e. The first-order valence-corrected chi connectivity index (χ1v) is 9.59. The summed E-state index contributed by atoms with van der Waals surface area (Å²) < 4.78 is 11.5. The number of amides is 1. The van der Waals surface area contributed by atoms with Crippen LogP contribution in [0.4, 0.5) is 0 Å². The summed E-state index contributed by atoms with van der Waals surface area (Å²) in [5.74, 6) is -0.694. The second-order valence-corrected chi connectivity index (χ2v) is 7.28. The summed E-state index contributed by atoms with van der Waals surface area (Å²) in [6.45, 7) is 3.83. The highest BCUT2D eigenvalue weighted by molar-refractivity contribution is 9.10. The normalized spacial score (nSPS) is 18.0. The zero-order valence-electron chi connectivity index (χ0n) is 16.0. The first-order chi connectivity index (χ1) is 13.9. The molecule has 2 aromatic rings. The number of Topliss-reactive ketones (excluding diaryl/α,β-unsaturated/α-hetero) is 1. The van der Waals surface area contributed by atoms with Crippen molar-refractivity contribution in [3.05, 3.63) is 76.3 Å². The van der Waals surface area contributed by atoms with Crippen molar-refractivity contribution in [2.75, 3.05) is 20.8 Å². The summed E-state index contributed by atoms with van der Waals surface area (Å²) in [7, 11) is 3.03. The van der Waals surface area contributed by atoms with Crippen LogP contribution in [0, 0.1) is 0 Å². The lowest BCUT2D eigenvalue weighted by molar-refractivity contribution is -0.139. The van der Waals surface area contributed by atoms with Gasteiger partial charge in [-0.3, -0.25) is 9.59 Å². The molecule has 29 heavy (non-hydrogen) atoms. The van der Waals surface area contributed by atoms with Crippen molar-refractivity contribution in [1.29, 1.82) is 0 Å². The molecule has 1 saturated heterocycles. The monoisotopic (exact) mass is 457 g/mol. The van der Waals surface area contributed by atoms with Gasteiger partial charge in [-0.25, -0.2) is 0 Å². The van der Waals surface area contributed by atoms with E-state index in [9.17, 15) is 14.7 Å². The Labute approximate surface area is 177 Å². The van der Waals surface area contributed by atoms with E-state index in [1.54, 1.807) is 48.5 Å². The number of aliphatic hydroxyl groups is 1.